The quantitative estimate of drug-likeness (QED) is 0.773. The topological polar surface area (TPSA) is 70.5 Å². The SMILES string of the molecule is CCn1nc(C)c(CNC(=O)[C@@H]2CC(F)(F)CN2C2CN(C(=O)C3CC3)C2)c1C. The van der Waals surface area contributed by atoms with Crippen LogP contribution < -0.4 is 5.32 Å². The minimum absolute atomic E-state index is 0.130. The Labute approximate surface area is 169 Å². The Balaban J connectivity index is 1.38. The van der Waals surface area contributed by atoms with Gasteiger partial charge in [-0.2, -0.15) is 5.10 Å². The number of alkyl halides is 2. The first-order chi connectivity index (χ1) is 13.7. The number of hydrogen-bond donors (Lipinski definition) is 1. The molecule has 1 atom stereocenters. The fourth-order valence-corrected chi connectivity index (χ4v) is 4.49. The molecule has 4 rings (SSSR count). The summed E-state index contributed by atoms with van der Waals surface area (Å²) in [6.45, 7) is 7.30. The molecule has 2 amide bonds. The molecular formula is C20H29F2N5O2. The van der Waals surface area contributed by atoms with Crippen LogP contribution in [0.3, 0.4) is 0 Å². The third-order valence-electron chi connectivity index (χ3n) is 6.45. The molecule has 3 fully saturated rings. The van der Waals surface area contributed by atoms with Crippen molar-refractivity contribution in [1.29, 1.82) is 0 Å². The predicted molar refractivity (Wildman–Crippen MR) is 102 cm³/mol. The van der Waals surface area contributed by atoms with Gasteiger partial charge in [0.05, 0.1) is 18.3 Å². The van der Waals surface area contributed by atoms with Gasteiger partial charge in [0.2, 0.25) is 11.8 Å². The summed E-state index contributed by atoms with van der Waals surface area (Å²) in [5.74, 6) is -3.00. The number of nitrogens with one attached hydrogen (secondary N) is 1. The molecule has 1 aromatic heterocycles. The number of nitrogens with zero attached hydrogens (tertiary/aromatic N) is 4. The number of carbonyl (C=O) groups excluding carboxylic acids is 2. The molecule has 2 aliphatic heterocycles. The third kappa shape index (κ3) is 3.89. The maximum Gasteiger partial charge on any atom is 0.262 e. The molecule has 7 nitrogen and oxygen atoms in total. The minimum atomic E-state index is -2.89. The van der Waals surface area contributed by atoms with E-state index in [9.17, 15) is 18.4 Å². The van der Waals surface area contributed by atoms with Gasteiger partial charge in [0.15, 0.2) is 0 Å². The zero-order valence-electron chi connectivity index (χ0n) is 17.3. The number of hydrogen-bond acceptors (Lipinski definition) is 4. The van der Waals surface area contributed by atoms with Crippen LogP contribution in [-0.2, 0) is 22.7 Å². The maximum atomic E-state index is 14.1. The highest BCUT2D eigenvalue weighted by molar-refractivity contribution is 5.83. The van der Waals surface area contributed by atoms with Crippen molar-refractivity contribution in [3.8, 4) is 0 Å². The van der Waals surface area contributed by atoms with E-state index in [0.717, 1.165) is 36.3 Å². The van der Waals surface area contributed by atoms with Crippen LogP contribution in [-0.4, -0.2) is 69.0 Å². The normalized spacial score (nSPS) is 24.6. The highest BCUT2D eigenvalue weighted by Crippen LogP contribution is 2.37. The molecule has 1 N–H and O–H groups in total. The molecule has 0 bridgehead atoms. The van der Waals surface area contributed by atoms with Crippen molar-refractivity contribution in [2.24, 2.45) is 5.92 Å². The van der Waals surface area contributed by atoms with E-state index in [1.54, 1.807) is 9.80 Å². The zero-order chi connectivity index (χ0) is 20.9. The lowest BCUT2D eigenvalue weighted by Gasteiger charge is -2.45. The van der Waals surface area contributed by atoms with Gasteiger partial charge in [-0.15, -0.1) is 0 Å². The first-order valence-electron chi connectivity index (χ1n) is 10.4. The lowest BCUT2D eigenvalue weighted by atomic mass is 10.0. The Morgan fingerprint density at radius 2 is 1.93 bits per heavy atom. The number of aryl methyl sites for hydroxylation is 2. The molecule has 1 aromatic rings. The second-order valence-electron chi connectivity index (χ2n) is 8.60. The summed E-state index contributed by atoms with van der Waals surface area (Å²) in [7, 11) is 0. The van der Waals surface area contributed by atoms with Crippen molar-refractivity contribution in [2.45, 2.75) is 71.1 Å². The Hall–Kier alpha value is -2.03. The summed E-state index contributed by atoms with van der Waals surface area (Å²) in [5.41, 5.74) is 2.75. The third-order valence-corrected chi connectivity index (χ3v) is 6.45. The number of halogens is 2. The smallest absolute Gasteiger partial charge is 0.262 e. The predicted octanol–water partition coefficient (Wildman–Crippen LogP) is 1.47. The number of likely N-dealkylation sites (tertiary alicyclic amines) is 2. The molecule has 29 heavy (non-hydrogen) atoms. The second kappa shape index (κ2) is 7.34. The summed E-state index contributed by atoms with van der Waals surface area (Å²) in [4.78, 5) is 28.2. The zero-order valence-corrected chi connectivity index (χ0v) is 17.3. The highest BCUT2D eigenvalue weighted by atomic mass is 19.3. The fourth-order valence-electron chi connectivity index (χ4n) is 4.49. The van der Waals surface area contributed by atoms with Crippen LogP contribution >= 0.6 is 0 Å². The molecule has 1 aliphatic carbocycles. The minimum Gasteiger partial charge on any atom is -0.351 e. The molecule has 9 heteroatoms. The lowest BCUT2D eigenvalue weighted by Crippen LogP contribution is -2.64. The molecule has 160 valence electrons. The Bertz CT molecular complexity index is 814. The first-order valence-corrected chi connectivity index (χ1v) is 10.4. The Morgan fingerprint density at radius 1 is 1.24 bits per heavy atom. The van der Waals surface area contributed by atoms with E-state index < -0.39 is 24.9 Å². The molecule has 3 heterocycles. The summed E-state index contributed by atoms with van der Waals surface area (Å²) in [6, 6.07) is -1.04. The van der Waals surface area contributed by atoms with Gasteiger partial charge in [0.1, 0.15) is 0 Å². The van der Waals surface area contributed by atoms with Crippen molar-refractivity contribution in [1.82, 2.24) is 24.9 Å². The van der Waals surface area contributed by atoms with E-state index in [1.807, 2.05) is 25.5 Å². The van der Waals surface area contributed by atoms with Gasteiger partial charge in [0, 0.05) is 55.8 Å². The van der Waals surface area contributed by atoms with Gasteiger partial charge in [-0.1, -0.05) is 0 Å². The summed E-state index contributed by atoms with van der Waals surface area (Å²) < 4.78 is 30.2. The molecular weight excluding hydrogens is 380 g/mol. The van der Waals surface area contributed by atoms with E-state index in [4.69, 9.17) is 0 Å². The van der Waals surface area contributed by atoms with Crippen LogP contribution in [0.1, 0.15) is 43.1 Å². The van der Waals surface area contributed by atoms with Crippen molar-refractivity contribution < 1.29 is 18.4 Å². The molecule has 0 spiro atoms. The van der Waals surface area contributed by atoms with Crippen LogP contribution in [0, 0.1) is 19.8 Å². The average Bonchev–Trinajstić information content (AvgIpc) is 3.37. The van der Waals surface area contributed by atoms with Gasteiger partial charge >= 0.3 is 0 Å². The van der Waals surface area contributed by atoms with Gasteiger partial charge in [-0.05, 0) is 33.6 Å². The van der Waals surface area contributed by atoms with E-state index >= 15 is 0 Å². The second-order valence-corrected chi connectivity index (χ2v) is 8.60. The van der Waals surface area contributed by atoms with Crippen molar-refractivity contribution >= 4 is 11.8 Å². The van der Waals surface area contributed by atoms with Crippen molar-refractivity contribution in [2.75, 3.05) is 19.6 Å². The molecule has 0 aromatic carbocycles. The largest absolute Gasteiger partial charge is 0.351 e. The van der Waals surface area contributed by atoms with Gasteiger partial charge in [-0.3, -0.25) is 19.2 Å². The fraction of sp³-hybridized carbons (Fsp3) is 0.750. The standard InChI is InChI=1S/C20H29F2N5O2/c1-4-27-13(3)16(12(2)24-27)8-23-18(28)17-7-20(21,22)11-26(17)15-9-25(10-15)19(29)14-5-6-14/h14-15,17H,4-11H2,1-3H3,(H,23,28)/t17-/m0/s1. The van der Waals surface area contributed by atoms with Crippen LogP contribution in [0.5, 0.6) is 0 Å². The van der Waals surface area contributed by atoms with E-state index in [-0.39, 0.29) is 30.3 Å². The number of rotatable bonds is 6. The average molecular weight is 409 g/mol. The highest BCUT2D eigenvalue weighted by Gasteiger charge is 2.53. The number of amides is 2. The number of aromatic nitrogens is 2. The van der Waals surface area contributed by atoms with Gasteiger partial charge in [-0.25, -0.2) is 8.78 Å². The Morgan fingerprint density at radius 3 is 2.52 bits per heavy atom. The molecule has 2 saturated heterocycles. The monoisotopic (exact) mass is 409 g/mol. The van der Waals surface area contributed by atoms with Crippen LogP contribution in [0.4, 0.5) is 8.78 Å². The number of carbonyl (C=O) groups is 2. The van der Waals surface area contributed by atoms with Gasteiger partial charge in [0.25, 0.3) is 5.92 Å². The summed E-state index contributed by atoms with van der Waals surface area (Å²) >= 11 is 0. The summed E-state index contributed by atoms with van der Waals surface area (Å²) in [5, 5.41) is 7.28. The van der Waals surface area contributed by atoms with E-state index in [0.29, 0.717) is 13.1 Å². The van der Waals surface area contributed by atoms with Crippen molar-refractivity contribution in [3.05, 3.63) is 17.0 Å². The molecule has 0 unspecified atom stereocenters. The first kappa shape index (κ1) is 20.3. The van der Waals surface area contributed by atoms with E-state index in [1.165, 1.54) is 0 Å². The van der Waals surface area contributed by atoms with Crippen molar-refractivity contribution in [3.63, 3.8) is 0 Å². The Kier molecular flexibility index (Phi) is 5.13. The lowest BCUT2D eigenvalue weighted by molar-refractivity contribution is -0.141. The molecule has 3 aliphatic rings. The molecule has 0 radical (unpaired) electrons. The van der Waals surface area contributed by atoms with Crippen LogP contribution in [0.2, 0.25) is 0 Å². The molecule has 1 saturated carbocycles. The summed E-state index contributed by atoms with van der Waals surface area (Å²) in [6.07, 6.45) is 1.39. The van der Waals surface area contributed by atoms with Crippen LogP contribution in [0.25, 0.3) is 0 Å². The maximum absolute atomic E-state index is 14.1. The van der Waals surface area contributed by atoms with E-state index in [2.05, 4.69) is 10.4 Å². The van der Waals surface area contributed by atoms with Gasteiger partial charge < -0.3 is 10.2 Å². The van der Waals surface area contributed by atoms with Crippen LogP contribution in [0.15, 0.2) is 0 Å².